The van der Waals surface area contributed by atoms with Crippen LogP contribution in [-0.4, -0.2) is 36.0 Å². The number of imidazole rings is 1. The molecule has 5 nitrogen and oxygen atoms in total. The molecule has 0 amide bonds. The Labute approximate surface area is 123 Å². The number of hydrogen-bond acceptors (Lipinski definition) is 5. The van der Waals surface area contributed by atoms with Crippen molar-refractivity contribution in [1.82, 2.24) is 9.97 Å². The summed E-state index contributed by atoms with van der Waals surface area (Å²) in [6.07, 6.45) is 1.61. The fourth-order valence-electron chi connectivity index (χ4n) is 1.96. The van der Waals surface area contributed by atoms with Gasteiger partial charge in [-0.05, 0) is 12.1 Å². The molecule has 21 heavy (non-hydrogen) atoms. The number of aromatic nitrogens is 2. The molecule has 0 aliphatic carbocycles. The quantitative estimate of drug-likeness (QED) is 0.932. The Morgan fingerprint density at radius 3 is 2.90 bits per heavy atom. The van der Waals surface area contributed by atoms with Crippen molar-refractivity contribution >= 4 is 32.6 Å². The maximum absolute atomic E-state index is 12.2. The normalized spacial score (nSPS) is 20.4. The minimum Gasteiger partial charge on any atom is -0.435 e. The second kappa shape index (κ2) is 5.30. The molecule has 0 spiro atoms. The highest BCUT2D eigenvalue weighted by molar-refractivity contribution is 8.02. The van der Waals surface area contributed by atoms with E-state index < -0.39 is 16.4 Å². The van der Waals surface area contributed by atoms with E-state index in [1.54, 1.807) is 12.1 Å². The number of nitrogens with zero attached hydrogens (tertiary/aromatic N) is 1. The third-order valence-corrected chi connectivity index (χ3v) is 5.47. The van der Waals surface area contributed by atoms with Crippen molar-refractivity contribution < 1.29 is 21.9 Å². The van der Waals surface area contributed by atoms with E-state index >= 15 is 0 Å². The number of ether oxygens (including phenoxy) is 1. The van der Waals surface area contributed by atoms with Crippen molar-refractivity contribution in [3.63, 3.8) is 0 Å². The lowest BCUT2D eigenvalue weighted by Gasteiger charge is -2.03. The third-order valence-electron chi connectivity index (χ3n) is 2.82. The Morgan fingerprint density at radius 2 is 2.24 bits per heavy atom. The molecule has 0 radical (unpaired) electrons. The van der Waals surface area contributed by atoms with Gasteiger partial charge in [0.25, 0.3) is 0 Å². The number of benzene rings is 1. The summed E-state index contributed by atoms with van der Waals surface area (Å²) < 4.78 is 51.3. The van der Waals surface area contributed by atoms with Crippen LogP contribution in [0.2, 0.25) is 0 Å². The SMILES string of the molecule is O=S1(=O)C=C[C@H](Sc2nc3ccc(OC(F)F)cc3[nH]2)C1. The number of aromatic amines is 1. The Bertz CT molecular complexity index is 802. The molecule has 1 aliphatic heterocycles. The third kappa shape index (κ3) is 3.35. The predicted octanol–water partition coefficient (Wildman–Crippen LogP) is 2.57. The highest BCUT2D eigenvalue weighted by atomic mass is 32.2. The maximum atomic E-state index is 12.2. The smallest absolute Gasteiger partial charge is 0.387 e. The Balaban J connectivity index is 1.80. The first-order chi connectivity index (χ1) is 9.91. The summed E-state index contributed by atoms with van der Waals surface area (Å²) in [5.41, 5.74) is 1.16. The zero-order valence-electron chi connectivity index (χ0n) is 10.5. The van der Waals surface area contributed by atoms with Crippen molar-refractivity contribution in [3.8, 4) is 5.75 Å². The number of alkyl halides is 2. The summed E-state index contributed by atoms with van der Waals surface area (Å²) in [4.78, 5) is 7.24. The second-order valence-electron chi connectivity index (χ2n) is 4.41. The van der Waals surface area contributed by atoms with Crippen LogP contribution in [0.5, 0.6) is 5.75 Å². The summed E-state index contributed by atoms with van der Waals surface area (Å²) in [6.45, 7) is -2.88. The van der Waals surface area contributed by atoms with Crippen LogP contribution in [-0.2, 0) is 9.84 Å². The van der Waals surface area contributed by atoms with E-state index in [-0.39, 0.29) is 16.8 Å². The van der Waals surface area contributed by atoms with Crippen molar-refractivity contribution in [1.29, 1.82) is 0 Å². The van der Waals surface area contributed by atoms with Gasteiger partial charge in [-0.15, -0.1) is 0 Å². The summed E-state index contributed by atoms with van der Waals surface area (Å²) in [6, 6.07) is 4.40. The van der Waals surface area contributed by atoms with Gasteiger partial charge in [-0.1, -0.05) is 17.8 Å². The van der Waals surface area contributed by atoms with E-state index in [9.17, 15) is 17.2 Å². The molecule has 2 aromatic rings. The summed E-state index contributed by atoms with van der Waals surface area (Å²) in [5.74, 6) is 0.0788. The number of fused-ring (bicyclic) bond motifs is 1. The van der Waals surface area contributed by atoms with Crippen LogP contribution in [0.4, 0.5) is 8.78 Å². The van der Waals surface area contributed by atoms with Gasteiger partial charge in [0.05, 0.1) is 16.8 Å². The van der Waals surface area contributed by atoms with Gasteiger partial charge in [0, 0.05) is 16.7 Å². The van der Waals surface area contributed by atoms with E-state index in [0.717, 1.165) is 0 Å². The number of rotatable bonds is 4. The molecule has 0 saturated heterocycles. The van der Waals surface area contributed by atoms with Crippen LogP contribution in [0.1, 0.15) is 0 Å². The first-order valence-corrected chi connectivity index (χ1v) is 8.53. The highest BCUT2D eigenvalue weighted by Crippen LogP contribution is 2.29. The van der Waals surface area contributed by atoms with Crippen LogP contribution in [0.3, 0.4) is 0 Å². The molecule has 0 unspecified atom stereocenters. The van der Waals surface area contributed by atoms with Gasteiger partial charge in [0.2, 0.25) is 0 Å². The predicted molar refractivity (Wildman–Crippen MR) is 75.3 cm³/mol. The molecule has 112 valence electrons. The number of thioether (sulfide) groups is 1. The lowest BCUT2D eigenvalue weighted by molar-refractivity contribution is -0.0497. The summed E-state index contributed by atoms with van der Waals surface area (Å²) in [7, 11) is -3.11. The molecule has 0 fully saturated rings. The molecule has 1 aromatic carbocycles. The van der Waals surface area contributed by atoms with Gasteiger partial charge in [-0.3, -0.25) is 0 Å². The molecule has 1 N–H and O–H groups in total. The molecule has 1 aliphatic rings. The number of nitrogens with one attached hydrogen (secondary N) is 1. The maximum Gasteiger partial charge on any atom is 0.387 e. The topological polar surface area (TPSA) is 72.1 Å². The Morgan fingerprint density at radius 1 is 1.43 bits per heavy atom. The Hall–Kier alpha value is -1.61. The van der Waals surface area contributed by atoms with E-state index in [1.807, 2.05) is 0 Å². The van der Waals surface area contributed by atoms with E-state index in [1.165, 1.54) is 29.3 Å². The van der Waals surface area contributed by atoms with Gasteiger partial charge >= 0.3 is 6.61 Å². The first-order valence-electron chi connectivity index (χ1n) is 5.93. The minimum atomic E-state index is -3.11. The van der Waals surface area contributed by atoms with Crippen LogP contribution >= 0.6 is 11.8 Å². The van der Waals surface area contributed by atoms with Gasteiger partial charge in [0.15, 0.2) is 15.0 Å². The molecule has 0 saturated carbocycles. The minimum absolute atomic E-state index is 0.0362. The summed E-state index contributed by atoms with van der Waals surface area (Å²) in [5, 5.41) is 1.53. The molecule has 1 atom stereocenters. The fraction of sp³-hybridized carbons (Fsp3) is 0.250. The van der Waals surface area contributed by atoms with Crippen LogP contribution in [0.25, 0.3) is 11.0 Å². The van der Waals surface area contributed by atoms with E-state index in [4.69, 9.17) is 0 Å². The van der Waals surface area contributed by atoms with Gasteiger partial charge in [0.1, 0.15) is 5.75 Å². The molecular weight excluding hydrogens is 322 g/mol. The molecule has 1 aromatic heterocycles. The van der Waals surface area contributed by atoms with E-state index in [2.05, 4.69) is 14.7 Å². The summed E-state index contributed by atoms with van der Waals surface area (Å²) >= 11 is 1.28. The largest absolute Gasteiger partial charge is 0.435 e. The average Bonchev–Trinajstić information content (AvgIpc) is 2.91. The van der Waals surface area contributed by atoms with E-state index in [0.29, 0.717) is 16.2 Å². The van der Waals surface area contributed by atoms with Crippen molar-refractivity contribution in [3.05, 3.63) is 29.7 Å². The number of sulfone groups is 1. The average molecular weight is 332 g/mol. The van der Waals surface area contributed by atoms with Crippen molar-refractivity contribution in [2.75, 3.05) is 5.75 Å². The van der Waals surface area contributed by atoms with Gasteiger partial charge in [-0.25, -0.2) is 13.4 Å². The standard InChI is InChI=1S/C12H10F2N2O3S2/c13-11(14)19-7-1-2-9-10(5-7)16-12(15-9)20-8-3-4-21(17,18)6-8/h1-5,8,11H,6H2,(H,15,16)/t8-/m0/s1. The lowest BCUT2D eigenvalue weighted by Crippen LogP contribution is -2.06. The number of hydrogen-bond donors (Lipinski definition) is 1. The second-order valence-corrected chi connectivity index (χ2v) is 7.57. The lowest BCUT2D eigenvalue weighted by atomic mass is 10.3. The fourth-order valence-corrected chi connectivity index (χ4v) is 4.78. The molecule has 2 heterocycles. The number of halogens is 2. The molecule has 3 rings (SSSR count). The van der Waals surface area contributed by atoms with Crippen LogP contribution in [0, 0.1) is 0 Å². The van der Waals surface area contributed by atoms with Crippen molar-refractivity contribution in [2.24, 2.45) is 0 Å². The Kier molecular flexibility index (Phi) is 3.62. The molecule has 0 bridgehead atoms. The van der Waals surface area contributed by atoms with Crippen molar-refractivity contribution in [2.45, 2.75) is 17.0 Å². The first kappa shape index (κ1) is 14.3. The van der Waals surface area contributed by atoms with Crippen LogP contribution < -0.4 is 4.74 Å². The number of H-pyrrole nitrogens is 1. The zero-order valence-corrected chi connectivity index (χ0v) is 12.1. The molecule has 9 heteroatoms. The van der Waals surface area contributed by atoms with Gasteiger partial charge in [-0.2, -0.15) is 8.78 Å². The molecular formula is C12H10F2N2O3S2. The van der Waals surface area contributed by atoms with Gasteiger partial charge < -0.3 is 9.72 Å². The zero-order chi connectivity index (χ0) is 15.0. The van der Waals surface area contributed by atoms with Crippen LogP contribution in [0.15, 0.2) is 34.8 Å². The highest BCUT2D eigenvalue weighted by Gasteiger charge is 2.23. The monoisotopic (exact) mass is 332 g/mol.